The van der Waals surface area contributed by atoms with Crippen LogP contribution >= 0.6 is 0 Å². The number of hydrogen-bond donors (Lipinski definition) is 1. The van der Waals surface area contributed by atoms with E-state index >= 15 is 0 Å². The SMILES string of the molecule is Cc1ccc(CNC(=O)C2CCN(Cc3ccc(F)c4cccnc34)CC2)cc1F. The average molecular weight is 409 g/mol. The zero-order chi connectivity index (χ0) is 21.1. The summed E-state index contributed by atoms with van der Waals surface area (Å²) < 4.78 is 27.7. The van der Waals surface area contributed by atoms with Crippen LogP contribution in [0.5, 0.6) is 0 Å². The number of fused-ring (bicyclic) bond motifs is 1. The van der Waals surface area contributed by atoms with Gasteiger partial charge in [0.2, 0.25) is 5.91 Å². The van der Waals surface area contributed by atoms with E-state index in [9.17, 15) is 13.6 Å². The van der Waals surface area contributed by atoms with Crippen LogP contribution in [0.2, 0.25) is 0 Å². The third-order valence-electron chi connectivity index (χ3n) is 5.86. The number of rotatable bonds is 5. The van der Waals surface area contributed by atoms with Gasteiger partial charge in [-0.2, -0.15) is 0 Å². The Hall–Kier alpha value is -2.86. The minimum absolute atomic E-state index is 0.0181. The lowest BCUT2D eigenvalue weighted by Crippen LogP contribution is -2.40. The summed E-state index contributed by atoms with van der Waals surface area (Å²) in [5.41, 5.74) is 3.06. The van der Waals surface area contributed by atoms with E-state index in [1.54, 1.807) is 37.4 Å². The molecule has 1 aliphatic heterocycles. The van der Waals surface area contributed by atoms with Crippen molar-refractivity contribution in [1.82, 2.24) is 15.2 Å². The molecule has 30 heavy (non-hydrogen) atoms. The van der Waals surface area contributed by atoms with E-state index in [0.29, 0.717) is 29.6 Å². The van der Waals surface area contributed by atoms with Gasteiger partial charge in [0.05, 0.1) is 5.52 Å². The number of likely N-dealkylation sites (tertiary alicyclic amines) is 1. The van der Waals surface area contributed by atoms with E-state index in [1.807, 2.05) is 6.07 Å². The molecule has 4 nitrogen and oxygen atoms in total. The molecule has 0 spiro atoms. The molecular formula is C24H25F2N3O. The van der Waals surface area contributed by atoms with Crippen LogP contribution in [0, 0.1) is 24.5 Å². The van der Waals surface area contributed by atoms with Crippen LogP contribution in [0.3, 0.4) is 0 Å². The Bertz CT molecular complexity index is 1060. The first-order valence-electron chi connectivity index (χ1n) is 10.3. The highest BCUT2D eigenvalue weighted by Crippen LogP contribution is 2.24. The van der Waals surface area contributed by atoms with Gasteiger partial charge >= 0.3 is 0 Å². The number of aromatic nitrogens is 1. The Morgan fingerprint density at radius 2 is 1.93 bits per heavy atom. The molecule has 0 radical (unpaired) electrons. The molecular weight excluding hydrogens is 384 g/mol. The standard InChI is InChI=1S/C24H25F2N3O/c1-16-4-5-17(13-22(16)26)14-28-24(30)18-8-11-29(12-9-18)15-19-6-7-21(25)20-3-2-10-27-23(19)20/h2-7,10,13,18H,8-9,11-12,14-15H2,1H3,(H,28,30). The largest absolute Gasteiger partial charge is 0.352 e. The Kier molecular flexibility index (Phi) is 6.04. The highest BCUT2D eigenvalue weighted by atomic mass is 19.1. The molecule has 1 aromatic heterocycles. The molecule has 4 rings (SSSR count). The quantitative estimate of drug-likeness (QED) is 0.682. The predicted octanol–water partition coefficient (Wildman–Crippen LogP) is 4.35. The summed E-state index contributed by atoms with van der Waals surface area (Å²) >= 11 is 0. The molecule has 1 saturated heterocycles. The molecule has 0 atom stereocenters. The fraction of sp³-hybridized carbons (Fsp3) is 0.333. The number of amides is 1. The van der Waals surface area contributed by atoms with Crippen molar-refractivity contribution in [3.63, 3.8) is 0 Å². The topological polar surface area (TPSA) is 45.2 Å². The molecule has 156 valence electrons. The molecule has 3 aromatic rings. The van der Waals surface area contributed by atoms with Crippen LogP contribution in [0.15, 0.2) is 48.7 Å². The van der Waals surface area contributed by atoms with Crippen molar-refractivity contribution in [3.05, 3.63) is 77.0 Å². The minimum atomic E-state index is -0.259. The summed E-state index contributed by atoms with van der Waals surface area (Å²) in [4.78, 5) is 19.2. The zero-order valence-electron chi connectivity index (χ0n) is 17.0. The summed E-state index contributed by atoms with van der Waals surface area (Å²) in [6, 6.07) is 11.8. The van der Waals surface area contributed by atoms with Crippen molar-refractivity contribution in [2.24, 2.45) is 5.92 Å². The number of carbonyl (C=O) groups is 1. The van der Waals surface area contributed by atoms with Crippen molar-refractivity contribution in [2.45, 2.75) is 32.9 Å². The van der Waals surface area contributed by atoms with Gasteiger partial charge in [0.1, 0.15) is 11.6 Å². The van der Waals surface area contributed by atoms with Gasteiger partial charge in [-0.3, -0.25) is 14.7 Å². The second-order valence-corrected chi connectivity index (χ2v) is 7.96. The van der Waals surface area contributed by atoms with Crippen molar-refractivity contribution in [3.8, 4) is 0 Å². The first kappa shape index (κ1) is 20.4. The smallest absolute Gasteiger partial charge is 0.223 e. The highest BCUT2D eigenvalue weighted by molar-refractivity contribution is 5.82. The van der Waals surface area contributed by atoms with Crippen molar-refractivity contribution < 1.29 is 13.6 Å². The summed E-state index contributed by atoms with van der Waals surface area (Å²) in [7, 11) is 0. The van der Waals surface area contributed by atoms with Gasteiger partial charge in [0.25, 0.3) is 0 Å². The summed E-state index contributed by atoms with van der Waals surface area (Å²) in [5, 5.41) is 3.47. The van der Waals surface area contributed by atoms with Gasteiger partial charge in [0.15, 0.2) is 0 Å². The highest BCUT2D eigenvalue weighted by Gasteiger charge is 2.25. The number of aryl methyl sites for hydroxylation is 1. The van der Waals surface area contributed by atoms with Crippen LogP contribution < -0.4 is 5.32 Å². The fourth-order valence-electron chi connectivity index (χ4n) is 4.00. The van der Waals surface area contributed by atoms with E-state index in [2.05, 4.69) is 15.2 Å². The molecule has 2 aromatic carbocycles. The van der Waals surface area contributed by atoms with Crippen molar-refractivity contribution in [1.29, 1.82) is 0 Å². The normalized spacial score (nSPS) is 15.4. The molecule has 6 heteroatoms. The Morgan fingerprint density at radius 1 is 1.13 bits per heavy atom. The number of halogens is 2. The van der Waals surface area contributed by atoms with E-state index in [1.165, 1.54) is 12.1 Å². The zero-order valence-corrected chi connectivity index (χ0v) is 17.0. The summed E-state index contributed by atoms with van der Waals surface area (Å²) in [5.74, 6) is -0.535. The van der Waals surface area contributed by atoms with Gasteiger partial charge in [-0.25, -0.2) is 8.78 Å². The number of benzene rings is 2. The lowest BCUT2D eigenvalue weighted by atomic mass is 9.95. The van der Waals surface area contributed by atoms with Crippen molar-refractivity contribution in [2.75, 3.05) is 13.1 Å². The third-order valence-corrected chi connectivity index (χ3v) is 5.86. The number of piperidine rings is 1. The molecule has 1 aliphatic rings. The molecule has 0 aliphatic carbocycles. The maximum absolute atomic E-state index is 14.0. The minimum Gasteiger partial charge on any atom is -0.352 e. The molecule has 0 unspecified atom stereocenters. The molecule has 0 saturated carbocycles. The number of nitrogens with zero attached hydrogens (tertiary/aromatic N) is 2. The monoisotopic (exact) mass is 409 g/mol. The summed E-state index contributed by atoms with van der Waals surface area (Å²) in [6.07, 6.45) is 3.21. The Balaban J connectivity index is 1.31. The maximum atomic E-state index is 14.0. The van der Waals surface area contributed by atoms with E-state index in [0.717, 1.165) is 37.1 Å². The van der Waals surface area contributed by atoms with Gasteiger partial charge in [0, 0.05) is 30.6 Å². The van der Waals surface area contributed by atoms with Crippen LogP contribution in [0.4, 0.5) is 8.78 Å². The van der Waals surface area contributed by atoms with Gasteiger partial charge in [-0.15, -0.1) is 0 Å². The first-order chi connectivity index (χ1) is 14.5. The Labute approximate surface area is 174 Å². The average Bonchev–Trinajstić information content (AvgIpc) is 2.77. The number of carbonyl (C=O) groups excluding carboxylic acids is 1. The second kappa shape index (κ2) is 8.88. The maximum Gasteiger partial charge on any atom is 0.223 e. The number of pyridine rings is 1. The van der Waals surface area contributed by atoms with Crippen LogP contribution in [0.1, 0.15) is 29.5 Å². The van der Waals surface area contributed by atoms with E-state index in [-0.39, 0.29) is 23.5 Å². The lowest BCUT2D eigenvalue weighted by molar-refractivity contribution is -0.126. The van der Waals surface area contributed by atoms with Crippen LogP contribution in [0.25, 0.3) is 10.9 Å². The van der Waals surface area contributed by atoms with Crippen LogP contribution in [-0.2, 0) is 17.9 Å². The van der Waals surface area contributed by atoms with E-state index < -0.39 is 0 Å². The number of hydrogen-bond acceptors (Lipinski definition) is 3. The third kappa shape index (κ3) is 4.49. The molecule has 0 bridgehead atoms. The number of nitrogens with one attached hydrogen (secondary N) is 1. The van der Waals surface area contributed by atoms with Crippen molar-refractivity contribution >= 4 is 16.8 Å². The van der Waals surface area contributed by atoms with E-state index in [4.69, 9.17) is 0 Å². The molecule has 1 N–H and O–H groups in total. The van der Waals surface area contributed by atoms with Gasteiger partial charge in [-0.05, 0) is 73.8 Å². The second-order valence-electron chi connectivity index (χ2n) is 7.96. The lowest BCUT2D eigenvalue weighted by Gasteiger charge is -2.31. The molecule has 1 fully saturated rings. The van der Waals surface area contributed by atoms with Crippen LogP contribution in [-0.4, -0.2) is 28.9 Å². The fourth-order valence-corrected chi connectivity index (χ4v) is 4.00. The Morgan fingerprint density at radius 3 is 2.70 bits per heavy atom. The first-order valence-corrected chi connectivity index (χ1v) is 10.3. The predicted molar refractivity (Wildman–Crippen MR) is 113 cm³/mol. The summed E-state index contributed by atoms with van der Waals surface area (Å²) in [6.45, 7) is 4.33. The van der Waals surface area contributed by atoms with Gasteiger partial charge < -0.3 is 5.32 Å². The molecule has 2 heterocycles. The van der Waals surface area contributed by atoms with Gasteiger partial charge in [-0.1, -0.05) is 18.2 Å². The molecule has 1 amide bonds.